The Hall–Kier alpha value is -1.69. The van der Waals surface area contributed by atoms with Gasteiger partial charge in [-0.25, -0.2) is 19.9 Å². The molecular weight excluding hydrogens is 234 g/mol. The molecule has 0 saturated carbocycles. The zero-order chi connectivity index (χ0) is 12.3. The van der Waals surface area contributed by atoms with Crippen molar-refractivity contribution in [2.45, 2.75) is 24.0 Å². The second kappa shape index (κ2) is 5.09. The predicted molar refractivity (Wildman–Crippen MR) is 67.2 cm³/mol. The van der Waals surface area contributed by atoms with E-state index in [1.807, 2.05) is 26.0 Å². The van der Waals surface area contributed by atoms with E-state index in [1.54, 1.807) is 13.2 Å². The minimum atomic E-state index is 0.597. The first-order valence-electron chi connectivity index (χ1n) is 5.18. The smallest absolute Gasteiger partial charge is 0.223 e. The summed E-state index contributed by atoms with van der Waals surface area (Å²) >= 11 is 1.43. The van der Waals surface area contributed by atoms with Crippen LogP contribution in [0.4, 0.5) is 5.95 Å². The SMILES string of the molecule is CNc1nccc(Sc2nc(C)cc(C)n2)n1. The topological polar surface area (TPSA) is 63.6 Å². The van der Waals surface area contributed by atoms with Crippen LogP contribution in [0.15, 0.2) is 28.5 Å². The van der Waals surface area contributed by atoms with Gasteiger partial charge in [0.15, 0.2) is 5.16 Å². The Balaban J connectivity index is 2.24. The van der Waals surface area contributed by atoms with E-state index in [0.717, 1.165) is 16.4 Å². The van der Waals surface area contributed by atoms with Crippen LogP contribution >= 0.6 is 11.8 Å². The molecule has 0 aliphatic carbocycles. The van der Waals surface area contributed by atoms with Crippen molar-refractivity contribution in [1.82, 2.24) is 19.9 Å². The Morgan fingerprint density at radius 3 is 2.47 bits per heavy atom. The Bertz CT molecular complexity index is 509. The summed E-state index contributed by atoms with van der Waals surface area (Å²) < 4.78 is 0. The van der Waals surface area contributed by atoms with Crippen molar-refractivity contribution in [2.75, 3.05) is 12.4 Å². The second-order valence-corrected chi connectivity index (χ2v) is 4.49. The fourth-order valence-corrected chi connectivity index (χ4v) is 2.18. The normalized spacial score (nSPS) is 10.3. The van der Waals surface area contributed by atoms with Crippen LogP contribution in [0.25, 0.3) is 0 Å². The van der Waals surface area contributed by atoms with Crippen molar-refractivity contribution >= 4 is 17.7 Å². The van der Waals surface area contributed by atoms with Gasteiger partial charge in [0.05, 0.1) is 0 Å². The number of aromatic nitrogens is 4. The van der Waals surface area contributed by atoms with Crippen LogP contribution in [0.2, 0.25) is 0 Å². The third kappa shape index (κ3) is 3.13. The molecule has 6 heteroatoms. The fourth-order valence-electron chi connectivity index (χ4n) is 1.35. The maximum absolute atomic E-state index is 4.36. The van der Waals surface area contributed by atoms with E-state index < -0.39 is 0 Å². The molecule has 0 spiro atoms. The molecule has 0 fully saturated rings. The summed E-state index contributed by atoms with van der Waals surface area (Å²) in [6.45, 7) is 3.91. The monoisotopic (exact) mass is 247 g/mol. The van der Waals surface area contributed by atoms with Crippen LogP contribution in [0.5, 0.6) is 0 Å². The summed E-state index contributed by atoms with van der Waals surface area (Å²) in [5.74, 6) is 0.597. The first-order valence-corrected chi connectivity index (χ1v) is 6.00. The summed E-state index contributed by atoms with van der Waals surface area (Å²) in [5, 5.41) is 4.44. The standard InChI is InChI=1S/C11H13N5S/c1-7-6-8(2)15-11(14-7)17-9-4-5-13-10(12-3)16-9/h4-6H,1-3H3,(H,12,13,16). The van der Waals surface area contributed by atoms with Crippen molar-refractivity contribution < 1.29 is 0 Å². The van der Waals surface area contributed by atoms with E-state index in [4.69, 9.17) is 0 Å². The molecule has 0 aliphatic heterocycles. The van der Waals surface area contributed by atoms with Gasteiger partial charge < -0.3 is 5.32 Å². The number of anilines is 1. The highest BCUT2D eigenvalue weighted by atomic mass is 32.2. The van der Waals surface area contributed by atoms with Gasteiger partial charge in [0.2, 0.25) is 5.95 Å². The van der Waals surface area contributed by atoms with Crippen LogP contribution in [-0.4, -0.2) is 27.0 Å². The summed E-state index contributed by atoms with van der Waals surface area (Å²) in [7, 11) is 1.79. The molecule has 0 aromatic carbocycles. The molecule has 0 unspecified atom stereocenters. The largest absolute Gasteiger partial charge is 0.357 e. The third-order valence-electron chi connectivity index (χ3n) is 2.01. The van der Waals surface area contributed by atoms with Crippen LogP contribution in [0.3, 0.4) is 0 Å². The molecule has 0 aliphatic rings. The van der Waals surface area contributed by atoms with Crippen molar-refractivity contribution in [2.24, 2.45) is 0 Å². The zero-order valence-corrected chi connectivity index (χ0v) is 10.7. The Kier molecular flexibility index (Phi) is 3.53. The average molecular weight is 247 g/mol. The van der Waals surface area contributed by atoms with Gasteiger partial charge in [-0.1, -0.05) is 0 Å². The predicted octanol–water partition coefficient (Wildman–Crippen LogP) is 2.08. The Morgan fingerprint density at radius 2 is 1.82 bits per heavy atom. The van der Waals surface area contributed by atoms with Gasteiger partial charge in [-0.3, -0.25) is 0 Å². The molecule has 1 N–H and O–H groups in total. The molecule has 2 aromatic rings. The number of hydrogen-bond donors (Lipinski definition) is 1. The van der Waals surface area contributed by atoms with E-state index >= 15 is 0 Å². The van der Waals surface area contributed by atoms with Crippen LogP contribution in [0.1, 0.15) is 11.4 Å². The minimum Gasteiger partial charge on any atom is -0.357 e. The van der Waals surface area contributed by atoms with Gasteiger partial charge in [-0.05, 0) is 37.7 Å². The minimum absolute atomic E-state index is 0.597. The van der Waals surface area contributed by atoms with E-state index in [9.17, 15) is 0 Å². The molecule has 5 nitrogen and oxygen atoms in total. The molecule has 17 heavy (non-hydrogen) atoms. The summed E-state index contributed by atoms with van der Waals surface area (Å²) in [4.78, 5) is 17.1. The van der Waals surface area contributed by atoms with Crippen molar-refractivity contribution in [3.05, 3.63) is 29.7 Å². The average Bonchev–Trinajstić information content (AvgIpc) is 2.28. The third-order valence-corrected chi connectivity index (χ3v) is 2.81. The molecule has 0 bridgehead atoms. The lowest BCUT2D eigenvalue weighted by atomic mass is 10.4. The number of aryl methyl sites for hydroxylation is 2. The number of rotatable bonds is 3. The van der Waals surface area contributed by atoms with E-state index in [2.05, 4.69) is 25.3 Å². The van der Waals surface area contributed by atoms with Gasteiger partial charge in [-0.15, -0.1) is 0 Å². The first kappa shape index (κ1) is 11.8. The van der Waals surface area contributed by atoms with Crippen molar-refractivity contribution in [3.8, 4) is 0 Å². The first-order chi connectivity index (χ1) is 8.17. The molecule has 0 radical (unpaired) electrons. The van der Waals surface area contributed by atoms with Gasteiger partial charge in [0.25, 0.3) is 0 Å². The van der Waals surface area contributed by atoms with E-state index in [-0.39, 0.29) is 0 Å². The van der Waals surface area contributed by atoms with E-state index in [0.29, 0.717) is 11.1 Å². The van der Waals surface area contributed by atoms with Gasteiger partial charge in [0, 0.05) is 24.6 Å². The highest BCUT2D eigenvalue weighted by Crippen LogP contribution is 2.23. The number of nitrogens with zero attached hydrogens (tertiary/aromatic N) is 4. The van der Waals surface area contributed by atoms with Crippen LogP contribution in [0, 0.1) is 13.8 Å². The molecule has 2 aromatic heterocycles. The molecule has 0 saturated heterocycles. The lowest BCUT2D eigenvalue weighted by Crippen LogP contribution is -1.97. The fraction of sp³-hybridized carbons (Fsp3) is 0.273. The van der Waals surface area contributed by atoms with Crippen molar-refractivity contribution in [1.29, 1.82) is 0 Å². The van der Waals surface area contributed by atoms with E-state index in [1.165, 1.54) is 11.8 Å². The van der Waals surface area contributed by atoms with Crippen molar-refractivity contribution in [3.63, 3.8) is 0 Å². The highest BCUT2D eigenvalue weighted by molar-refractivity contribution is 7.99. The summed E-state index contributed by atoms with van der Waals surface area (Å²) in [5.41, 5.74) is 1.92. The zero-order valence-electron chi connectivity index (χ0n) is 9.93. The molecule has 2 rings (SSSR count). The highest BCUT2D eigenvalue weighted by Gasteiger charge is 2.04. The molecule has 0 amide bonds. The molecular formula is C11H13N5S. The summed E-state index contributed by atoms with van der Waals surface area (Å²) in [6, 6.07) is 3.79. The number of nitrogens with one attached hydrogen (secondary N) is 1. The summed E-state index contributed by atoms with van der Waals surface area (Å²) in [6.07, 6.45) is 1.71. The number of hydrogen-bond acceptors (Lipinski definition) is 6. The van der Waals surface area contributed by atoms with Crippen LogP contribution in [-0.2, 0) is 0 Å². The molecule has 88 valence electrons. The lowest BCUT2D eigenvalue weighted by Gasteiger charge is -2.03. The lowest BCUT2D eigenvalue weighted by molar-refractivity contribution is 0.897. The van der Waals surface area contributed by atoms with Crippen LogP contribution < -0.4 is 5.32 Å². The maximum atomic E-state index is 4.36. The van der Waals surface area contributed by atoms with Gasteiger partial charge in [0.1, 0.15) is 5.03 Å². The molecule has 0 atom stereocenters. The maximum Gasteiger partial charge on any atom is 0.223 e. The Labute approximate surface area is 104 Å². The van der Waals surface area contributed by atoms with Gasteiger partial charge in [-0.2, -0.15) is 0 Å². The Morgan fingerprint density at radius 1 is 1.12 bits per heavy atom. The molecule has 2 heterocycles. The van der Waals surface area contributed by atoms with Gasteiger partial charge >= 0.3 is 0 Å². The second-order valence-electron chi connectivity index (χ2n) is 3.50. The quantitative estimate of drug-likeness (QED) is 0.661.